The number of aliphatic carboxylic acids is 1. The zero-order valence-electron chi connectivity index (χ0n) is 14.1. The van der Waals surface area contributed by atoms with E-state index in [9.17, 15) is 24.6 Å². The van der Waals surface area contributed by atoms with Crippen LogP contribution in [0.1, 0.15) is 26.5 Å². The van der Waals surface area contributed by atoms with Gasteiger partial charge in [-0.3, -0.25) is 14.5 Å². The zero-order valence-corrected chi connectivity index (χ0v) is 14.1. The Labute approximate surface area is 144 Å². The lowest BCUT2D eigenvalue weighted by molar-refractivity contribution is -0.177. The summed E-state index contributed by atoms with van der Waals surface area (Å²) in [4.78, 5) is 40.6. The van der Waals surface area contributed by atoms with E-state index in [4.69, 9.17) is 9.47 Å². The van der Waals surface area contributed by atoms with Gasteiger partial charge >= 0.3 is 11.9 Å². The number of esters is 1. The van der Waals surface area contributed by atoms with Crippen LogP contribution in [0.5, 0.6) is 0 Å². The molecule has 1 fully saturated rings. The summed E-state index contributed by atoms with van der Waals surface area (Å²) in [6.45, 7) is 4.38. The fourth-order valence-electron chi connectivity index (χ4n) is 2.39. The smallest absolute Gasteiger partial charge is 0.348 e. The van der Waals surface area contributed by atoms with Crippen LogP contribution < -0.4 is 4.90 Å². The topological polar surface area (TPSA) is 126 Å². The Kier molecular flexibility index (Phi) is 5.39. The molecular formula is C16H20N2O7. The molecule has 25 heavy (non-hydrogen) atoms. The van der Waals surface area contributed by atoms with Gasteiger partial charge in [0.2, 0.25) is 6.10 Å². The highest BCUT2D eigenvalue weighted by Gasteiger charge is 2.43. The molecule has 2 rings (SSSR count). The Hall–Kier alpha value is -2.52. The Balaban J connectivity index is 2.30. The van der Waals surface area contributed by atoms with Gasteiger partial charge in [-0.2, -0.15) is 0 Å². The molecule has 1 aromatic heterocycles. The van der Waals surface area contributed by atoms with E-state index in [2.05, 4.69) is 4.98 Å². The van der Waals surface area contributed by atoms with Crippen LogP contribution >= 0.6 is 0 Å². The van der Waals surface area contributed by atoms with Crippen LogP contribution in [0.25, 0.3) is 0 Å². The third-order valence-electron chi connectivity index (χ3n) is 3.57. The predicted octanol–water partition coefficient (Wildman–Crippen LogP) is 0.0571. The molecule has 2 atom stereocenters. The van der Waals surface area contributed by atoms with E-state index in [1.54, 1.807) is 32.0 Å². The molecule has 1 aliphatic heterocycles. The minimum atomic E-state index is -1.75. The highest BCUT2D eigenvalue weighted by atomic mass is 16.6. The van der Waals surface area contributed by atoms with Crippen LogP contribution in [0, 0.1) is 0 Å². The number of anilines is 1. The summed E-state index contributed by atoms with van der Waals surface area (Å²) in [5.41, 5.74) is -0.845. The molecule has 9 nitrogen and oxygen atoms in total. The number of aromatic nitrogens is 1. The number of carbonyl (C=O) groups excluding carboxylic acids is 2. The molecule has 2 unspecified atom stereocenters. The van der Waals surface area contributed by atoms with Gasteiger partial charge in [0.25, 0.3) is 5.91 Å². The second-order valence-electron chi connectivity index (χ2n) is 6.09. The molecule has 0 aromatic carbocycles. The highest BCUT2D eigenvalue weighted by Crippen LogP contribution is 2.24. The van der Waals surface area contributed by atoms with Gasteiger partial charge in [0.15, 0.2) is 6.10 Å². The molecule has 0 radical (unpaired) electrons. The highest BCUT2D eigenvalue weighted by molar-refractivity contribution is 5.99. The summed E-state index contributed by atoms with van der Waals surface area (Å²) < 4.78 is 9.95. The van der Waals surface area contributed by atoms with Gasteiger partial charge in [-0.25, -0.2) is 9.78 Å². The second-order valence-corrected chi connectivity index (χ2v) is 6.09. The summed E-state index contributed by atoms with van der Waals surface area (Å²) in [6, 6.07) is 4.82. The molecule has 0 aliphatic carbocycles. The number of morpholine rings is 1. The first-order valence-corrected chi connectivity index (χ1v) is 7.64. The van der Waals surface area contributed by atoms with Crippen LogP contribution in [-0.4, -0.2) is 58.4 Å². The summed E-state index contributed by atoms with van der Waals surface area (Å²) in [5, 5.41) is 19.3. The Morgan fingerprint density at radius 2 is 2.12 bits per heavy atom. The standard InChI is InChI=1S/C16H20N2O7/c1-9(19)25-13(15(21)22)12-14(20)18(7-8-24-12)11-6-4-5-10(17-11)16(2,3)23/h4-6,12-13,23H,7-8H2,1-3H3,(H,21,22). The molecule has 9 heteroatoms. The molecule has 1 saturated heterocycles. The van der Waals surface area contributed by atoms with Crippen LogP contribution in [0.3, 0.4) is 0 Å². The molecule has 2 heterocycles. The third-order valence-corrected chi connectivity index (χ3v) is 3.57. The maximum Gasteiger partial charge on any atom is 0.348 e. The first-order chi connectivity index (χ1) is 11.6. The van der Waals surface area contributed by atoms with E-state index >= 15 is 0 Å². The average molecular weight is 352 g/mol. The van der Waals surface area contributed by atoms with Gasteiger partial charge < -0.3 is 19.7 Å². The van der Waals surface area contributed by atoms with Gasteiger partial charge in [0.05, 0.1) is 18.8 Å². The van der Waals surface area contributed by atoms with Crippen LogP contribution in [0.2, 0.25) is 0 Å². The normalized spacial score (nSPS) is 19.4. The maximum absolute atomic E-state index is 12.7. The largest absolute Gasteiger partial charge is 0.478 e. The van der Waals surface area contributed by atoms with Crippen molar-refractivity contribution in [2.45, 2.75) is 38.6 Å². The number of ether oxygens (including phenoxy) is 2. The van der Waals surface area contributed by atoms with Gasteiger partial charge in [-0.05, 0) is 26.0 Å². The number of amides is 1. The van der Waals surface area contributed by atoms with Crippen molar-refractivity contribution in [3.8, 4) is 0 Å². The van der Waals surface area contributed by atoms with Gasteiger partial charge in [-0.15, -0.1) is 0 Å². The van der Waals surface area contributed by atoms with Crippen molar-refractivity contribution in [3.63, 3.8) is 0 Å². The summed E-state index contributed by atoms with van der Waals surface area (Å²) in [7, 11) is 0. The van der Waals surface area contributed by atoms with Crippen molar-refractivity contribution in [2.75, 3.05) is 18.1 Å². The molecule has 0 saturated carbocycles. The van der Waals surface area contributed by atoms with Crippen LogP contribution in [0.15, 0.2) is 18.2 Å². The number of carboxylic acid groups (broad SMARTS) is 1. The number of rotatable bonds is 5. The number of carboxylic acids is 1. The van der Waals surface area contributed by atoms with E-state index in [1.165, 1.54) is 4.90 Å². The first-order valence-electron chi connectivity index (χ1n) is 7.64. The fourth-order valence-corrected chi connectivity index (χ4v) is 2.39. The summed E-state index contributed by atoms with van der Waals surface area (Å²) in [5.74, 6) is -2.73. The fraction of sp³-hybridized carbons (Fsp3) is 0.500. The SMILES string of the molecule is CC(=O)OC(C(=O)O)C1OCCN(c2cccc(C(C)(C)O)n2)C1=O. The minimum absolute atomic E-state index is 0.0515. The number of carbonyl (C=O) groups is 3. The van der Waals surface area contributed by atoms with E-state index < -0.39 is 35.7 Å². The number of hydrogen-bond donors (Lipinski definition) is 2. The second kappa shape index (κ2) is 7.16. The average Bonchev–Trinajstić information content (AvgIpc) is 2.52. The zero-order chi connectivity index (χ0) is 18.8. The van der Waals surface area contributed by atoms with Crippen molar-refractivity contribution >= 4 is 23.7 Å². The molecule has 1 amide bonds. The molecule has 0 spiro atoms. The van der Waals surface area contributed by atoms with Gasteiger partial charge in [0.1, 0.15) is 11.4 Å². The number of aliphatic hydroxyl groups is 1. The molecule has 0 bridgehead atoms. The summed E-state index contributed by atoms with van der Waals surface area (Å²) >= 11 is 0. The molecule has 1 aliphatic rings. The predicted molar refractivity (Wildman–Crippen MR) is 84.8 cm³/mol. The lowest BCUT2D eigenvalue weighted by Crippen LogP contribution is -2.56. The summed E-state index contributed by atoms with van der Waals surface area (Å²) in [6.07, 6.45) is -3.21. The van der Waals surface area contributed by atoms with Crippen molar-refractivity contribution in [1.82, 2.24) is 4.98 Å². The van der Waals surface area contributed by atoms with Crippen molar-refractivity contribution in [3.05, 3.63) is 23.9 Å². The van der Waals surface area contributed by atoms with E-state index in [0.29, 0.717) is 5.69 Å². The van der Waals surface area contributed by atoms with Crippen molar-refractivity contribution in [2.24, 2.45) is 0 Å². The number of pyridine rings is 1. The number of nitrogens with zero attached hydrogens (tertiary/aromatic N) is 2. The molecule has 136 valence electrons. The van der Waals surface area contributed by atoms with Gasteiger partial charge in [-0.1, -0.05) is 6.07 Å². The quantitative estimate of drug-likeness (QED) is 0.712. The lowest BCUT2D eigenvalue weighted by Gasteiger charge is -2.34. The van der Waals surface area contributed by atoms with Crippen molar-refractivity contribution < 1.29 is 34.1 Å². The minimum Gasteiger partial charge on any atom is -0.478 e. The Morgan fingerprint density at radius 1 is 1.44 bits per heavy atom. The molecule has 2 N–H and O–H groups in total. The van der Waals surface area contributed by atoms with E-state index in [-0.39, 0.29) is 19.0 Å². The van der Waals surface area contributed by atoms with E-state index in [1.807, 2.05) is 0 Å². The van der Waals surface area contributed by atoms with Crippen LogP contribution in [-0.2, 0) is 29.5 Å². The Morgan fingerprint density at radius 3 is 2.68 bits per heavy atom. The van der Waals surface area contributed by atoms with Crippen LogP contribution in [0.4, 0.5) is 5.82 Å². The third kappa shape index (κ3) is 4.31. The lowest BCUT2D eigenvalue weighted by atomic mass is 10.0. The Bertz CT molecular complexity index is 683. The number of hydrogen-bond acceptors (Lipinski definition) is 7. The maximum atomic E-state index is 12.7. The monoisotopic (exact) mass is 352 g/mol. The molecule has 1 aromatic rings. The molecular weight excluding hydrogens is 332 g/mol. The first kappa shape index (κ1) is 18.8. The van der Waals surface area contributed by atoms with Crippen molar-refractivity contribution in [1.29, 1.82) is 0 Å². The van der Waals surface area contributed by atoms with Gasteiger partial charge in [0, 0.05) is 6.92 Å². The van der Waals surface area contributed by atoms with E-state index in [0.717, 1.165) is 6.92 Å².